The van der Waals surface area contributed by atoms with Crippen molar-refractivity contribution in [2.24, 2.45) is 0 Å². The lowest BCUT2D eigenvalue weighted by atomic mass is 10.2. The second-order valence-electron chi connectivity index (χ2n) is 6.24. The summed E-state index contributed by atoms with van der Waals surface area (Å²) in [6.07, 6.45) is 3.21. The molecule has 1 aromatic heterocycles. The van der Waals surface area contributed by atoms with E-state index >= 15 is 0 Å². The summed E-state index contributed by atoms with van der Waals surface area (Å²) in [5.74, 6) is 0. The number of hydrogen-bond acceptors (Lipinski definition) is 3. The largest absolute Gasteiger partial charge is 0.349 e. The molecule has 6 heteroatoms. The van der Waals surface area contributed by atoms with Gasteiger partial charge in [-0.25, -0.2) is 4.79 Å². The first kappa shape index (κ1) is 14.0. The third-order valence-corrected chi connectivity index (χ3v) is 3.29. The first-order valence-corrected chi connectivity index (χ1v) is 6.54. The summed E-state index contributed by atoms with van der Waals surface area (Å²) in [6, 6.07) is 0. The summed E-state index contributed by atoms with van der Waals surface area (Å²) < 4.78 is 8.25. The highest BCUT2D eigenvalue weighted by Crippen LogP contribution is 2.27. The van der Waals surface area contributed by atoms with Crippen molar-refractivity contribution in [1.82, 2.24) is 9.55 Å². The van der Waals surface area contributed by atoms with Crippen LogP contribution in [0.3, 0.4) is 0 Å². The predicted molar refractivity (Wildman–Crippen MR) is 72.1 cm³/mol. The Labute approximate surface area is 112 Å². The van der Waals surface area contributed by atoms with Crippen molar-refractivity contribution in [3.8, 4) is 0 Å². The lowest BCUT2D eigenvalue weighted by Gasteiger charge is -2.27. The highest BCUT2D eigenvalue weighted by molar-refractivity contribution is 5.01. The Morgan fingerprint density at radius 3 is 2.68 bits per heavy atom. The number of likely N-dealkylation sites (N-methyl/N-ethyl adjacent to an activating group) is 1. The zero-order valence-electron chi connectivity index (χ0n) is 12.0. The topological polar surface area (TPSA) is 64.1 Å². The molecule has 1 fully saturated rings. The van der Waals surface area contributed by atoms with Crippen LogP contribution in [-0.2, 0) is 4.74 Å². The van der Waals surface area contributed by atoms with E-state index in [9.17, 15) is 9.59 Å². The second-order valence-corrected chi connectivity index (χ2v) is 6.24. The maximum atomic E-state index is 11.8. The number of aromatic amines is 1. The van der Waals surface area contributed by atoms with Gasteiger partial charge in [0.1, 0.15) is 18.9 Å². The fourth-order valence-corrected chi connectivity index (χ4v) is 2.44. The summed E-state index contributed by atoms with van der Waals surface area (Å²) >= 11 is 0. The van der Waals surface area contributed by atoms with Crippen molar-refractivity contribution in [3.05, 3.63) is 32.6 Å². The van der Waals surface area contributed by atoms with Gasteiger partial charge in [0.25, 0.3) is 5.56 Å². The van der Waals surface area contributed by atoms with E-state index in [0.29, 0.717) is 5.56 Å². The van der Waals surface area contributed by atoms with Gasteiger partial charge in [-0.1, -0.05) is 0 Å². The quantitative estimate of drug-likeness (QED) is 0.798. The third kappa shape index (κ3) is 3.33. The fourth-order valence-electron chi connectivity index (χ4n) is 2.44. The molecule has 6 nitrogen and oxygen atoms in total. The minimum atomic E-state index is -0.397. The molecule has 0 amide bonds. The molecule has 1 aromatic rings. The SMILES string of the molecule is Cc1cn([C@H]2CC[C@@H](C[N+](C)(C)C)O2)c(=O)[nH]c1=O. The Balaban J connectivity index is 2.15. The van der Waals surface area contributed by atoms with Gasteiger partial charge in [0.05, 0.1) is 21.1 Å². The second kappa shape index (κ2) is 4.94. The summed E-state index contributed by atoms with van der Waals surface area (Å²) in [7, 11) is 6.35. The van der Waals surface area contributed by atoms with E-state index in [2.05, 4.69) is 26.1 Å². The van der Waals surface area contributed by atoms with Crippen LogP contribution in [0, 0.1) is 6.92 Å². The summed E-state index contributed by atoms with van der Waals surface area (Å²) in [5.41, 5.74) is -0.202. The van der Waals surface area contributed by atoms with E-state index in [-0.39, 0.29) is 17.9 Å². The number of quaternary nitrogens is 1. The van der Waals surface area contributed by atoms with Gasteiger partial charge < -0.3 is 9.22 Å². The third-order valence-electron chi connectivity index (χ3n) is 3.29. The van der Waals surface area contributed by atoms with Gasteiger partial charge in [-0.05, 0) is 19.8 Å². The number of aromatic nitrogens is 2. The molecule has 19 heavy (non-hydrogen) atoms. The summed E-state index contributed by atoms with van der Waals surface area (Å²) in [5, 5.41) is 0. The molecule has 1 N–H and O–H groups in total. The van der Waals surface area contributed by atoms with Crippen LogP contribution in [0.1, 0.15) is 24.6 Å². The average Bonchev–Trinajstić information content (AvgIpc) is 2.69. The van der Waals surface area contributed by atoms with Gasteiger partial charge in [-0.2, -0.15) is 0 Å². The van der Waals surface area contributed by atoms with Crippen molar-refractivity contribution in [1.29, 1.82) is 0 Å². The Morgan fingerprint density at radius 1 is 1.37 bits per heavy atom. The molecule has 0 radical (unpaired) electrons. The van der Waals surface area contributed by atoms with Crippen LogP contribution in [0.2, 0.25) is 0 Å². The fraction of sp³-hybridized carbons (Fsp3) is 0.692. The first-order valence-electron chi connectivity index (χ1n) is 6.54. The molecule has 2 rings (SSSR count). The molecule has 106 valence electrons. The maximum Gasteiger partial charge on any atom is 0.330 e. The number of ether oxygens (including phenoxy) is 1. The van der Waals surface area contributed by atoms with Gasteiger partial charge >= 0.3 is 5.69 Å². The van der Waals surface area contributed by atoms with Crippen LogP contribution in [0.15, 0.2) is 15.8 Å². The Bertz CT molecular complexity index is 568. The molecule has 2 atom stereocenters. The number of H-pyrrole nitrogens is 1. The normalized spacial score (nSPS) is 23.8. The van der Waals surface area contributed by atoms with Gasteiger partial charge in [-0.3, -0.25) is 14.3 Å². The van der Waals surface area contributed by atoms with E-state index in [1.165, 1.54) is 4.57 Å². The highest BCUT2D eigenvalue weighted by Gasteiger charge is 2.31. The van der Waals surface area contributed by atoms with Crippen LogP contribution in [0.25, 0.3) is 0 Å². The van der Waals surface area contributed by atoms with Crippen molar-refractivity contribution in [2.75, 3.05) is 27.7 Å². The Hall–Kier alpha value is -1.40. The molecule has 0 unspecified atom stereocenters. The standard InChI is InChI=1S/C13H21N3O3/c1-9-7-15(13(18)14-12(9)17)11-6-5-10(19-11)8-16(2,3)4/h7,10-11H,5-6,8H2,1-4H3/p+1/t10-,11+/m0/s1. The number of nitrogens with one attached hydrogen (secondary N) is 1. The van der Waals surface area contributed by atoms with E-state index < -0.39 is 5.69 Å². The van der Waals surface area contributed by atoms with Gasteiger partial charge in [-0.15, -0.1) is 0 Å². The van der Waals surface area contributed by atoms with Crippen LogP contribution < -0.4 is 11.2 Å². The molecular weight excluding hydrogens is 246 g/mol. The first-order chi connectivity index (χ1) is 8.76. The summed E-state index contributed by atoms with van der Waals surface area (Å²) in [6.45, 7) is 2.60. The average molecular weight is 268 g/mol. The molecule has 1 aliphatic rings. The Kier molecular flexibility index (Phi) is 3.64. The summed E-state index contributed by atoms with van der Waals surface area (Å²) in [4.78, 5) is 25.5. The minimum Gasteiger partial charge on any atom is -0.349 e. The minimum absolute atomic E-state index is 0.157. The van der Waals surface area contributed by atoms with E-state index in [1.54, 1.807) is 13.1 Å². The van der Waals surface area contributed by atoms with Gasteiger partial charge in [0.2, 0.25) is 0 Å². The maximum absolute atomic E-state index is 11.8. The molecule has 1 aliphatic heterocycles. The van der Waals surface area contributed by atoms with E-state index in [4.69, 9.17) is 4.74 Å². The van der Waals surface area contributed by atoms with Crippen molar-refractivity contribution >= 4 is 0 Å². The van der Waals surface area contributed by atoms with Gasteiger partial charge in [0, 0.05) is 11.8 Å². The van der Waals surface area contributed by atoms with E-state index in [0.717, 1.165) is 23.9 Å². The molecule has 2 heterocycles. The molecule has 0 saturated carbocycles. The number of hydrogen-bond donors (Lipinski definition) is 1. The predicted octanol–water partition coefficient (Wildman–Crippen LogP) is 0.229. The molecule has 0 bridgehead atoms. The number of nitrogens with zero attached hydrogens (tertiary/aromatic N) is 2. The van der Waals surface area contributed by atoms with Crippen LogP contribution in [-0.4, -0.2) is 47.8 Å². The zero-order valence-corrected chi connectivity index (χ0v) is 12.0. The number of rotatable bonds is 3. The molecular formula is C13H22N3O3+. The monoisotopic (exact) mass is 268 g/mol. The lowest BCUT2D eigenvalue weighted by molar-refractivity contribution is -0.873. The zero-order chi connectivity index (χ0) is 14.2. The lowest BCUT2D eigenvalue weighted by Crippen LogP contribution is -2.41. The van der Waals surface area contributed by atoms with Crippen LogP contribution >= 0.6 is 0 Å². The van der Waals surface area contributed by atoms with Crippen molar-refractivity contribution in [2.45, 2.75) is 32.1 Å². The number of aryl methyl sites for hydroxylation is 1. The van der Waals surface area contributed by atoms with Crippen LogP contribution in [0.4, 0.5) is 0 Å². The molecule has 0 aromatic carbocycles. The smallest absolute Gasteiger partial charge is 0.330 e. The highest BCUT2D eigenvalue weighted by atomic mass is 16.5. The Morgan fingerprint density at radius 2 is 2.05 bits per heavy atom. The van der Waals surface area contributed by atoms with Gasteiger partial charge in [0.15, 0.2) is 0 Å². The van der Waals surface area contributed by atoms with E-state index in [1.807, 2.05) is 0 Å². The van der Waals surface area contributed by atoms with Crippen molar-refractivity contribution in [3.63, 3.8) is 0 Å². The molecule has 1 saturated heterocycles. The van der Waals surface area contributed by atoms with Crippen LogP contribution in [0.5, 0.6) is 0 Å². The molecule has 0 spiro atoms. The molecule has 0 aliphatic carbocycles. The van der Waals surface area contributed by atoms with Crippen molar-refractivity contribution < 1.29 is 9.22 Å².